The van der Waals surface area contributed by atoms with E-state index in [4.69, 9.17) is 4.74 Å². The maximum absolute atomic E-state index is 5.70. The summed E-state index contributed by atoms with van der Waals surface area (Å²) in [5, 5.41) is 0. The summed E-state index contributed by atoms with van der Waals surface area (Å²) in [7, 11) is 0. The molecule has 0 saturated heterocycles. The topological polar surface area (TPSA) is 12.5 Å². The van der Waals surface area contributed by atoms with Gasteiger partial charge < -0.3 is 9.64 Å². The number of anilines is 3. The maximum atomic E-state index is 5.70. The van der Waals surface area contributed by atoms with Crippen LogP contribution in [0.25, 0.3) is 24.3 Å². The SMILES string of the molecule is CCOc1ccc(N(c2ccc(C=CC=Cc3ccc(C)cc3)cc2)c2ccc(C=CC=Cc3ccc(C)cc3)cc2)cc1. The molecule has 2 nitrogen and oxygen atoms in total. The third-order valence-electron chi connectivity index (χ3n) is 7.24. The van der Waals surface area contributed by atoms with Crippen molar-refractivity contribution >= 4 is 41.4 Å². The molecule has 5 rings (SSSR count). The number of rotatable bonds is 11. The first-order valence-electron chi connectivity index (χ1n) is 15.1. The van der Waals surface area contributed by atoms with Crippen molar-refractivity contribution in [1.29, 1.82) is 0 Å². The summed E-state index contributed by atoms with van der Waals surface area (Å²) in [4.78, 5) is 2.27. The lowest BCUT2D eigenvalue weighted by Gasteiger charge is -2.26. The zero-order chi connectivity index (χ0) is 30.6. The molecule has 0 atom stereocenters. The minimum atomic E-state index is 0.646. The van der Waals surface area contributed by atoms with E-state index in [1.807, 2.05) is 19.1 Å². The molecule has 0 unspecified atom stereocenters. The average molecular weight is 574 g/mol. The highest BCUT2D eigenvalue weighted by molar-refractivity contribution is 5.78. The number of hydrogen-bond donors (Lipinski definition) is 0. The normalized spacial score (nSPS) is 11.7. The summed E-state index contributed by atoms with van der Waals surface area (Å²) in [6.07, 6.45) is 16.8. The molecule has 0 aliphatic carbocycles. The van der Waals surface area contributed by atoms with E-state index in [1.165, 1.54) is 22.3 Å². The van der Waals surface area contributed by atoms with Crippen molar-refractivity contribution in [3.05, 3.63) is 179 Å². The van der Waals surface area contributed by atoms with Gasteiger partial charge in [-0.05, 0) is 91.6 Å². The van der Waals surface area contributed by atoms with Crippen LogP contribution in [0.5, 0.6) is 5.75 Å². The summed E-state index contributed by atoms with van der Waals surface area (Å²) in [6.45, 7) is 6.86. The molecular weight excluding hydrogens is 534 g/mol. The Balaban J connectivity index is 1.33. The van der Waals surface area contributed by atoms with Gasteiger partial charge in [0, 0.05) is 17.1 Å². The van der Waals surface area contributed by atoms with Crippen molar-refractivity contribution in [1.82, 2.24) is 0 Å². The molecule has 44 heavy (non-hydrogen) atoms. The highest BCUT2D eigenvalue weighted by Gasteiger charge is 2.12. The van der Waals surface area contributed by atoms with Crippen LogP contribution in [0, 0.1) is 13.8 Å². The zero-order valence-corrected chi connectivity index (χ0v) is 25.7. The Morgan fingerprint density at radius 2 is 0.727 bits per heavy atom. The van der Waals surface area contributed by atoms with E-state index in [2.05, 4.69) is 177 Å². The summed E-state index contributed by atoms with van der Waals surface area (Å²) < 4.78 is 5.70. The second-order valence-corrected chi connectivity index (χ2v) is 10.7. The first-order chi connectivity index (χ1) is 21.6. The molecule has 0 heterocycles. The van der Waals surface area contributed by atoms with Gasteiger partial charge in [-0.25, -0.2) is 0 Å². The predicted molar refractivity (Wildman–Crippen MR) is 191 cm³/mol. The molecular formula is C42H39NO. The van der Waals surface area contributed by atoms with Crippen molar-refractivity contribution in [3.8, 4) is 5.75 Å². The van der Waals surface area contributed by atoms with Gasteiger partial charge in [-0.2, -0.15) is 0 Å². The van der Waals surface area contributed by atoms with Crippen molar-refractivity contribution in [3.63, 3.8) is 0 Å². The van der Waals surface area contributed by atoms with Crippen LogP contribution in [0.4, 0.5) is 17.1 Å². The Kier molecular flexibility index (Phi) is 10.4. The van der Waals surface area contributed by atoms with Crippen LogP contribution < -0.4 is 9.64 Å². The number of aryl methyl sites for hydroxylation is 2. The largest absolute Gasteiger partial charge is 0.494 e. The van der Waals surface area contributed by atoms with E-state index in [1.54, 1.807) is 0 Å². The summed E-state index contributed by atoms with van der Waals surface area (Å²) in [5.41, 5.74) is 10.5. The third-order valence-corrected chi connectivity index (χ3v) is 7.24. The number of hydrogen-bond acceptors (Lipinski definition) is 2. The average Bonchev–Trinajstić information content (AvgIpc) is 3.05. The lowest BCUT2D eigenvalue weighted by atomic mass is 10.1. The Labute approximate surface area is 262 Å². The van der Waals surface area contributed by atoms with Crippen LogP contribution in [0.3, 0.4) is 0 Å². The molecule has 2 heteroatoms. The Morgan fingerprint density at radius 1 is 0.432 bits per heavy atom. The second kappa shape index (κ2) is 15.2. The van der Waals surface area contributed by atoms with Crippen molar-refractivity contribution in [2.75, 3.05) is 11.5 Å². The van der Waals surface area contributed by atoms with E-state index in [0.29, 0.717) is 6.61 Å². The quantitative estimate of drug-likeness (QED) is 0.146. The molecule has 0 N–H and O–H groups in total. The Bertz CT molecular complexity index is 1610. The molecule has 5 aromatic rings. The van der Waals surface area contributed by atoms with E-state index < -0.39 is 0 Å². The standard InChI is InChI=1S/C42H39NO/c1-4-44-42-31-29-41(30-32-42)43(39-25-21-37(22-26-39)11-7-5-9-35-17-13-33(2)14-18-35)40-27-23-38(24-28-40)12-8-6-10-36-19-15-34(3)16-20-36/h5-32H,4H2,1-3H3. The summed E-state index contributed by atoms with van der Waals surface area (Å²) in [6, 6.07) is 42.7. The minimum Gasteiger partial charge on any atom is -0.494 e. The van der Waals surface area contributed by atoms with Gasteiger partial charge in [-0.1, -0.05) is 133 Å². The van der Waals surface area contributed by atoms with Gasteiger partial charge in [-0.3, -0.25) is 0 Å². The van der Waals surface area contributed by atoms with Crippen molar-refractivity contribution in [2.45, 2.75) is 20.8 Å². The fraction of sp³-hybridized carbons (Fsp3) is 0.0952. The lowest BCUT2D eigenvalue weighted by Crippen LogP contribution is -2.09. The van der Waals surface area contributed by atoms with Gasteiger partial charge in [0.15, 0.2) is 0 Å². The highest BCUT2D eigenvalue weighted by atomic mass is 16.5. The number of allylic oxidation sites excluding steroid dienone is 4. The van der Waals surface area contributed by atoms with Crippen LogP contribution in [-0.4, -0.2) is 6.61 Å². The fourth-order valence-corrected chi connectivity index (χ4v) is 4.80. The molecule has 0 bridgehead atoms. The van der Waals surface area contributed by atoms with Gasteiger partial charge in [-0.15, -0.1) is 0 Å². The number of ether oxygens (including phenoxy) is 1. The van der Waals surface area contributed by atoms with Crippen LogP contribution in [0.2, 0.25) is 0 Å². The second-order valence-electron chi connectivity index (χ2n) is 10.7. The fourth-order valence-electron chi connectivity index (χ4n) is 4.80. The molecule has 0 radical (unpaired) electrons. The van der Waals surface area contributed by atoms with E-state index in [-0.39, 0.29) is 0 Å². The number of benzene rings is 5. The number of nitrogens with zero attached hydrogens (tertiary/aromatic N) is 1. The van der Waals surface area contributed by atoms with Gasteiger partial charge in [0.25, 0.3) is 0 Å². The molecule has 218 valence electrons. The Morgan fingerprint density at radius 3 is 1.05 bits per heavy atom. The maximum Gasteiger partial charge on any atom is 0.119 e. The van der Waals surface area contributed by atoms with E-state index in [9.17, 15) is 0 Å². The van der Waals surface area contributed by atoms with Gasteiger partial charge >= 0.3 is 0 Å². The molecule has 0 aromatic heterocycles. The molecule has 5 aromatic carbocycles. The minimum absolute atomic E-state index is 0.646. The summed E-state index contributed by atoms with van der Waals surface area (Å²) >= 11 is 0. The smallest absolute Gasteiger partial charge is 0.119 e. The highest BCUT2D eigenvalue weighted by Crippen LogP contribution is 2.35. The van der Waals surface area contributed by atoms with Crippen molar-refractivity contribution < 1.29 is 4.74 Å². The van der Waals surface area contributed by atoms with E-state index in [0.717, 1.165) is 33.9 Å². The molecule has 0 amide bonds. The van der Waals surface area contributed by atoms with Crippen LogP contribution in [0.1, 0.15) is 40.3 Å². The first kappa shape index (κ1) is 30.1. The lowest BCUT2D eigenvalue weighted by molar-refractivity contribution is 0.340. The Hall–Kier alpha value is -5.34. The third kappa shape index (κ3) is 8.59. The monoisotopic (exact) mass is 573 g/mol. The van der Waals surface area contributed by atoms with Gasteiger partial charge in [0.05, 0.1) is 6.61 Å². The molecule has 0 fully saturated rings. The molecule has 0 aliphatic heterocycles. The molecule has 0 saturated carbocycles. The molecule has 0 aliphatic rings. The van der Waals surface area contributed by atoms with Crippen LogP contribution in [-0.2, 0) is 0 Å². The van der Waals surface area contributed by atoms with Crippen LogP contribution >= 0.6 is 0 Å². The molecule has 0 spiro atoms. The first-order valence-corrected chi connectivity index (χ1v) is 15.1. The van der Waals surface area contributed by atoms with Crippen LogP contribution in [0.15, 0.2) is 146 Å². The van der Waals surface area contributed by atoms with Gasteiger partial charge in [0.2, 0.25) is 0 Å². The van der Waals surface area contributed by atoms with Gasteiger partial charge in [0.1, 0.15) is 5.75 Å². The van der Waals surface area contributed by atoms with Crippen molar-refractivity contribution in [2.24, 2.45) is 0 Å². The predicted octanol–water partition coefficient (Wildman–Crippen LogP) is 11.6. The van der Waals surface area contributed by atoms with E-state index >= 15 is 0 Å². The zero-order valence-electron chi connectivity index (χ0n) is 25.7. The summed E-state index contributed by atoms with van der Waals surface area (Å²) in [5.74, 6) is 0.870.